The van der Waals surface area contributed by atoms with Crippen molar-refractivity contribution >= 4 is 0 Å². The first-order chi connectivity index (χ1) is 9.64. The summed E-state index contributed by atoms with van der Waals surface area (Å²) in [5.41, 5.74) is 2.93. The van der Waals surface area contributed by atoms with Crippen LogP contribution in [0.25, 0.3) is 0 Å². The van der Waals surface area contributed by atoms with E-state index >= 15 is 0 Å². The summed E-state index contributed by atoms with van der Waals surface area (Å²) in [5, 5.41) is 12.9. The normalized spacial score (nSPS) is 13.8. The predicted molar refractivity (Wildman–Crippen MR) is 95.2 cm³/mol. The minimum atomic E-state index is -0.132. The van der Waals surface area contributed by atoms with Crippen LogP contribution in [0.3, 0.4) is 0 Å². The quantitative estimate of drug-likeness (QED) is 0.691. The highest BCUT2D eigenvalue weighted by Crippen LogP contribution is 2.40. The van der Waals surface area contributed by atoms with Crippen molar-refractivity contribution in [2.45, 2.75) is 85.2 Å². The lowest BCUT2D eigenvalue weighted by Crippen LogP contribution is -2.37. The van der Waals surface area contributed by atoms with Gasteiger partial charge in [0, 0.05) is 23.2 Å². The lowest BCUT2D eigenvalue weighted by molar-refractivity contribution is 0.167. The first-order valence-electron chi connectivity index (χ1n) is 8.20. The van der Waals surface area contributed by atoms with Gasteiger partial charge in [-0.25, -0.2) is 0 Å². The molecule has 1 aromatic rings. The molecule has 0 aliphatic carbocycles. The van der Waals surface area contributed by atoms with E-state index in [-0.39, 0.29) is 22.1 Å². The second-order valence-corrected chi connectivity index (χ2v) is 9.55. The van der Waals surface area contributed by atoms with Crippen LogP contribution in [-0.2, 0) is 22.5 Å². The fraction of sp³-hybridized carbons (Fsp3) is 0.700. The molecule has 0 aromatic heterocycles. The van der Waals surface area contributed by atoms with Gasteiger partial charge in [0.05, 0.1) is 0 Å². The van der Waals surface area contributed by atoms with E-state index in [9.17, 15) is 5.11 Å². The van der Waals surface area contributed by atoms with E-state index < -0.39 is 0 Å². The van der Waals surface area contributed by atoms with E-state index in [0.717, 1.165) is 17.7 Å². The molecule has 125 valence electrons. The van der Waals surface area contributed by atoms with E-state index in [1.54, 1.807) is 0 Å². The number of benzene rings is 1. The van der Waals surface area contributed by atoms with Crippen LogP contribution in [0.4, 0.5) is 0 Å². The molecule has 0 unspecified atom stereocenters. The minimum absolute atomic E-state index is 0.111. The van der Waals surface area contributed by atoms with Crippen molar-refractivity contribution in [3.63, 3.8) is 0 Å². The average Bonchev–Trinajstić information content (AvgIpc) is 2.26. The maximum atomic E-state index is 12.9. The van der Waals surface area contributed by atoms with Gasteiger partial charge >= 0.3 is 0 Å². The third-order valence-corrected chi connectivity index (χ3v) is 4.33. The van der Waals surface area contributed by atoms with Gasteiger partial charge in [-0.15, -0.1) is 0 Å². The Morgan fingerprint density at radius 3 is 1.45 bits per heavy atom. The largest absolute Gasteiger partial charge is 0.297 e. The maximum Gasteiger partial charge on any atom is 0.186 e. The van der Waals surface area contributed by atoms with Crippen molar-refractivity contribution in [2.24, 2.45) is 0 Å². The molecular weight excluding hydrogens is 270 g/mol. The zero-order valence-corrected chi connectivity index (χ0v) is 16.2. The minimum Gasteiger partial charge on any atom is -0.297 e. The van der Waals surface area contributed by atoms with Gasteiger partial charge < -0.3 is 0 Å². The van der Waals surface area contributed by atoms with Crippen molar-refractivity contribution < 1.29 is 5.11 Å². The molecule has 0 aliphatic rings. The summed E-state index contributed by atoms with van der Waals surface area (Å²) >= 11 is 0. The van der Waals surface area contributed by atoms with Crippen LogP contribution in [0.2, 0.25) is 0 Å². The molecule has 1 aromatic carbocycles. The molecule has 2 nitrogen and oxygen atoms in total. The summed E-state index contributed by atoms with van der Waals surface area (Å²) in [6.45, 7) is 20.2. The summed E-state index contributed by atoms with van der Waals surface area (Å²) in [7, 11) is 2.14. The molecule has 0 heterocycles. The topological polar surface area (TPSA) is 23.1 Å². The van der Waals surface area contributed by atoms with Crippen LogP contribution in [0.5, 0.6) is 5.75 Å². The average molecular weight is 304 g/mol. The van der Waals surface area contributed by atoms with Crippen molar-refractivity contribution in [2.75, 3.05) is 7.05 Å². The maximum absolute atomic E-state index is 12.9. The Morgan fingerprint density at radius 1 is 0.818 bits per heavy atom. The van der Waals surface area contributed by atoms with Crippen LogP contribution >= 0.6 is 0 Å². The van der Waals surface area contributed by atoms with E-state index in [1.165, 1.54) is 5.56 Å². The van der Waals surface area contributed by atoms with Crippen LogP contribution in [-0.4, -0.2) is 17.5 Å². The first kappa shape index (κ1) is 19.0. The Labute approximate surface area is 137 Å². The third-order valence-electron chi connectivity index (χ3n) is 4.33. The second kappa shape index (κ2) is 5.88. The van der Waals surface area contributed by atoms with Crippen molar-refractivity contribution in [1.82, 2.24) is 4.90 Å². The monoisotopic (exact) mass is 304 g/mol. The molecule has 0 bridgehead atoms. The number of hydrogen-bond acceptors (Lipinski definition) is 1. The summed E-state index contributed by atoms with van der Waals surface area (Å²) < 4.78 is 0. The van der Waals surface area contributed by atoms with E-state index in [1.807, 2.05) is 0 Å². The summed E-state index contributed by atoms with van der Waals surface area (Å²) in [5.74, 6) is 0.210. The zero-order valence-electron chi connectivity index (χ0n) is 16.2. The fourth-order valence-electron chi connectivity index (χ4n) is 2.41. The summed E-state index contributed by atoms with van der Waals surface area (Å²) in [4.78, 5) is 2.33. The Hall–Kier alpha value is -1.02. The highest BCUT2D eigenvalue weighted by atomic mass is 16.3. The molecule has 0 fully saturated rings. The lowest BCUT2D eigenvalue weighted by atomic mass is 9.78. The Balaban J connectivity index is 3.42. The third kappa shape index (κ3) is 4.49. The zero-order chi connectivity index (χ0) is 17.5. The van der Waals surface area contributed by atoms with Crippen LogP contribution in [0.1, 0.15) is 79.0 Å². The fourth-order valence-corrected chi connectivity index (χ4v) is 2.41. The van der Waals surface area contributed by atoms with Crippen molar-refractivity contribution in [1.29, 1.82) is 0 Å². The molecule has 1 radical (unpaired) electrons. The highest BCUT2D eigenvalue weighted by Gasteiger charge is 2.28. The number of rotatable bonds is 2. The molecular formula is C20H34NO. The van der Waals surface area contributed by atoms with E-state index in [2.05, 4.69) is 86.4 Å². The van der Waals surface area contributed by atoms with E-state index in [0.29, 0.717) is 0 Å². The van der Waals surface area contributed by atoms with Gasteiger partial charge in [0.2, 0.25) is 0 Å². The number of nitrogens with zero attached hydrogens (tertiary/aromatic N) is 1. The van der Waals surface area contributed by atoms with E-state index in [4.69, 9.17) is 0 Å². The molecule has 1 rings (SSSR count). The Morgan fingerprint density at radius 2 is 1.18 bits per heavy atom. The molecule has 0 aliphatic heterocycles. The second-order valence-electron chi connectivity index (χ2n) is 9.55. The number of hydrogen-bond donors (Lipinski definition) is 0. The van der Waals surface area contributed by atoms with Crippen LogP contribution in [0, 0.1) is 0 Å². The van der Waals surface area contributed by atoms with Gasteiger partial charge in [0.1, 0.15) is 0 Å². The molecule has 0 saturated carbocycles. The van der Waals surface area contributed by atoms with Gasteiger partial charge in [0.15, 0.2) is 5.75 Å². The van der Waals surface area contributed by atoms with Crippen molar-refractivity contribution in [3.05, 3.63) is 28.8 Å². The molecule has 0 spiro atoms. The smallest absolute Gasteiger partial charge is 0.186 e. The predicted octanol–water partition coefficient (Wildman–Crippen LogP) is 5.66. The van der Waals surface area contributed by atoms with Gasteiger partial charge in [-0.2, -0.15) is 0 Å². The van der Waals surface area contributed by atoms with Gasteiger partial charge in [-0.1, -0.05) is 53.7 Å². The summed E-state index contributed by atoms with van der Waals surface area (Å²) in [6.07, 6.45) is 0. The molecule has 0 amide bonds. The van der Waals surface area contributed by atoms with Crippen LogP contribution < -0.4 is 0 Å². The van der Waals surface area contributed by atoms with Crippen molar-refractivity contribution in [3.8, 4) is 5.75 Å². The van der Waals surface area contributed by atoms with Gasteiger partial charge in [-0.05, 0) is 44.2 Å². The molecule has 0 saturated heterocycles. The molecule has 22 heavy (non-hydrogen) atoms. The van der Waals surface area contributed by atoms with Gasteiger partial charge in [0.25, 0.3) is 0 Å². The Bertz CT molecular complexity index is 489. The first-order valence-corrected chi connectivity index (χ1v) is 8.20. The van der Waals surface area contributed by atoms with Crippen LogP contribution in [0.15, 0.2) is 12.1 Å². The molecule has 0 N–H and O–H groups in total. The lowest BCUT2D eigenvalue weighted by Gasteiger charge is -2.33. The molecule has 2 heteroatoms. The standard InChI is InChI=1S/C20H34NO/c1-18(2,3)15-11-14(13-21(10)20(7,8)9)12-16(17(15)22)19(4,5)6/h11-12H,13H2,1-10H3. The Kier molecular flexibility index (Phi) is 5.09. The van der Waals surface area contributed by atoms with Gasteiger partial charge in [-0.3, -0.25) is 10.0 Å². The SMILES string of the molecule is CN(Cc1cc(C(C)(C)C)c([O])c(C(C)(C)C)c1)C(C)(C)C. The summed E-state index contributed by atoms with van der Waals surface area (Å²) in [6, 6.07) is 4.22. The highest BCUT2D eigenvalue weighted by molar-refractivity contribution is 5.49. The molecule has 0 atom stereocenters.